The second-order valence-electron chi connectivity index (χ2n) is 28.3. The van der Waals surface area contributed by atoms with Crippen molar-refractivity contribution in [2.45, 2.75) is 33.2 Å². The molecule has 0 saturated carbocycles. The van der Waals surface area contributed by atoms with E-state index in [1.54, 1.807) is 152 Å². The number of urea groups is 2. The van der Waals surface area contributed by atoms with Crippen molar-refractivity contribution >= 4 is 215 Å². The molecule has 1 saturated heterocycles. The predicted molar refractivity (Wildman–Crippen MR) is 503 cm³/mol. The first-order chi connectivity index (χ1) is 60.5. The van der Waals surface area contributed by atoms with Gasteiger partial charge in [0.25, 0.3) is 17.7 Å². The average Bonchev–Trinajstić information content (AvgIpc) is 1.60. The Morgan fingerprint density at radius 3 is 1.22 bits per heavy atom. The summed E-state index contributed by atoms with van der Waals surface area (Å²) in [5, 5.41) is 116. The van der Waals surface area contributed by atoms with Crippen LogP contribution in [0, 0.1) is 57.9 Å². The second kappa shape index (κ2) is 40.0. The number of amides is 8. The number of hydrazine groups is 1. The number of imidazole rings is 1. The summed E-state index contributed by atoms with van der Waals surface area (Å²) in [7, 11) is 2.48. The van der Waals surface area contributed by atoms with Crippen LogP contribution in [0.4, 0.5) is 43.7 Å². The molecule has 0 atom stereocenters. The summed E-state index contributed by atoms with van der Waals surface area (Å²) in [6.45, 7) is 7.81. The quantitative estimate of drug-likeness (QED) is 0.0168. The topological polar surface area (TPSA) is 578 Å². The van der Waals surface area contributed by atoms with Crippen LogP contribution >= 0.6 is 134 Å². The van der Waals surface area contributed by atoms with Crippen molar-refractivity contribution in [3.8, 4) is 57.2 Å². The lowest BCUT2D eigenvalue weighted by Crippen LogP contribution is -2.44. The van der Waals surface area contributed by atoms with Gasteiger partial charge in [0, 0.05) is 59.7 Å². The van der Waals surface area contributed by atoms with Gasteiger partial charge in [0.15, 0.2) is 69.7 Å². The van der Waals surface area contributed by atoms with Crippen molar-refractivity contribution in [3.63, 3.8) is 0 Å². The number of phenolic OH excluding ortho intramolecular Hbond substituents is 5. The fraction of sp³-hybridized carbons (Fsp3) is 0.118. The molecule has 2 aliphatic heterocycles. The molecule has 0 aliphatic carbocycles. The lowest BCUT2D eigenvalue weighted by atomic mass is 9.94. The van der Waals surface area contributed by atoms with E-state index in [0.29, 0.717) is 120 Å². The Morgan fingerprint density at radius 2 is 0.789 bits per heavy atom. The number of aromatic nitrogens is 17. The summed E-state index contributed by atoms with van der Waals surface area (Å²) in [6, 6.07) is 45.3. The molecule has 8 amide bonds. The number of anilines is 6. The van der Waals surface area contributed by atoms with Crippen LogP contribution in [0.5, 0.6) is 28.7 Å². The molecule has 14 aromatic rings. The maximum atomic E-state index is 12.7. The summed E-state index contributed by atoms with van der Waals surface area (Å²) >= 11 is 56.2. The number of carbonyl (C=O) groups is 6. The fourth-order valence-corrected chi connectivity index (χ4v) is 15.0. The van der Waals surface area contributed by atoms with Gasteiger partial charge >= 0.3 is 12.1 Å². The number of benzene rings is 8. The van der Waals surface area contributed by atoms with E-state index >= 15 is 0 Å². The molecule has 1 fully saturated rings. The number of nitrogens with zero attached hydrogens (tertiary/aromatic N) is 9. The number of fused-ring (bicyclic) bond motifs is 1. The first-order valence-electron chi connectivity index (χ1n) is 36.7. The van der Waals surface area contributed by atoms with E-state index in [2.05, 4.69) is 87.6 Å². The largest absolute Gasteiger partial charge is 0.508 e. The maximum absolute atomic E-state index is 12.7. The van der Waals surface area contributed by atoms with Crippen molar-refractivity contribution in [1.82, 2.24) is 99.3 Å². The third-order valence-corrected chi connectivity index (χ3v) is 21.5. The highest BCUT2D eigenvalue weighted by atomic mass is 32.1. The molecule has 0 radical (unpaired) electrons. The Balaban J connectivity index is 0.000000151. The van der Waals surface area contributed by atoms with Gasteiger partial charge in [0.05, 0.1) is 57.1 Å². The van der Waals surface area contributed by atoms with Crippen molar-refractivity contribution < 1.29 is 69.8 Å². The van der Waals surface area contributed by atoms with Crippen LogP contribution in [0.1, 0.15) is 48.4 Å². The van der Waals surface area contributed by atoms with Crippen LogP contribution < -0.4 is 42.3 Å². The number of hydrogen-bond donors (Lipinski definition) is 26. The molecule has 664 valence electrons. The van der Waals surface area contributed by atoms with E-state index in [0.717, 1.165) is 40.2 Å². The molecule has 0 spiro atoms. The van der Waals surface area contributed by atoms with Crippen LogP contribution in [-0.2, 0) is 9.59 Å². The number of hydroxylamine groups is 4. The number of nitrogens with one attached hydrogen (secondary N) is 17. The standard InChI is InChI=1S/C20H20N6O2S2.C15H12N4O4S2.C14H15N5O2S2.C10H11N5O2S2.C9H10N4O2S.C8H7N3O2S2/c1-20(2)11-25(24-17(20)28)14-8-6-12(7-9-14)16(27)21-13-4-3-5-15(10-13)26-18(29)22-23-19(26)30;20-10-5-7(6-11(21)12(10)22)13(23)16-8-1-3-9(4-2-8)19-14(24)17-18-15(19)25;1-14(2)10(20)9(15)11(21)19(14)8-5-3-7(4-6-8)18-12(22)16-17-13(18)23;1-14(17)8(16)11-6-3-2-4-7(5-6)15-9(18)12-13-10(15)19;1-13(15)9(14)10-5-2-3-6-7(4-5)12-8(16)11-6;12-4-1-2-6(13)5(3-4)11-7(14)9-10-8(11)15/h3-10H,11H2,1-2H3,(H,21,27)(H,22,29)(H,23,30)(H,24,28);1-6,20-22H,(H,16,23)(H,17,24)(H,18,25);3-6,20H,15H2,1-2H3,(H,16,22)(H,17,23);2-5,17H,1H3,(H,11,16)(H,12,18)(H,13,19);2-4,15H,1H3,(H,10,14)(H2,11,12,16);1-3,12-13H,(H,9,14)(H,10,15). The highest BCUT2D eigenvalue weighted by molar-refractivity contribution is 7.73. The average molecular weight is 1940 g/mol. The number of aromatic hydroxyl groups is 5. The lowest BCUT2D eigenvalue weighted by molar-refractivity contribution is -0.125. The summed E-state index contributed by atoms with van der Waals surface area (Å²) in [5.74, 6) is -3.21. The number of hydrogen-bond acceptors (Lipinski definition) is 27. The highest BCUT2D eigenvalue weighted by Gasteiger charge is 2.46. The molecule has 8 aromatic carbocycles. The Kier molecular flexibility index (Phi) is 29.5. The fourth-order valence-electron chi connectivity index (χ4n) is 12.0. The van der Waals surface area contributed by atoms with E-state index in [9.17, 15) is 59.4 Å². The van der Waals surface area contributed by atoms with E-state index in [4.69, 9.17) is 151 Å². The van der Waals surface area contributed by atoms with Gasteiger partial charge in [-0.3, -0.25) is 119 Å². The van der Waals surface area contributed by atoms with Gasteiger partial charge in [-0.15, -0.1) is 0 Å². The molecular weight excluding hydrogens is 1870 g/mol. The van der Waals surface area contributed by atoms with Gasteiger partial charge in [-0.2, -0.15) is 0 Å². The minimum absolute atomic E-state index is 0.00725. The van der Waals surface area contributed by atoms with Gasteiger partial charge in [0.2, 0.25) is 5.91 Å². The molecule has 2 aliphatic rings. The number of rotatable bonds is 13. The molecule has 41 nitrogen and oxygen atoms in total. The van der Waals surface area contributed by atoms with E-state index in [-0.39, 0.29) is 40.3 Å². The minimum Gasteiger partial charge on any atom is -0.508 e. The van der Waals surface area contributed by atoms with Crippen LogP contribution in [-0.4, -0.2) is 197 Å². The van der Waals surface area contributed by atoms with Gasteiger partial charge in [-0.05, 0) is 314 Å². The number of H-pyrrole nitrogens is 12. The number of aliphatic hydroxyl groups is 1. The predicted octanol–water partition coefficient (Wildman–Crippen LogP) is 15.7. The van der Waals surface area contributed by atoms with Gasteiger partial charge in [-0.25, -0.2) is 19.7 Å². The van der Waals surface area contributed by atoms with Crippen molar-refractivity contribution in [2.75, 3.05) is 51.8 Å². The Bertz CT molecular complexity index is 7190. The third-order valence-electron chi connectivity index (χ3n) is 18.4. The second-order valence-corrected chi connectivity index (χ2v) is 32.5. The van der Waals surface area contributed by atoms with Crippen LogP contribution in [0.3, 0.4) is 0 Å². The smallest absolute Gasteiger partial charge is 0.345 e. The number of phenols is 5. The van der Waals surface area contributed by atoms with E-state index in [1.807, 2.05) is 38.1 Å². The normalized spacial score (nSPS) is 12.7. The van der Waals surface area contributed by atoms with E-state index in [1.165, 1.54) is 41.8 Å². The van der Waals surface area contributed by atoms with E-state index < -0.39 is 52.1 Å². The minimum atomic E-state index is -0.899. The Labute approximate surface area is 776 Å². The molecule has 6 aromatic heterocycles. The molecule has 0 bridgehead atoms. The molecule has 128 heavy (non-hydrogen) atoms. The molecular formula is C76H75N27O14S11. The first-order valence-corrected chi connectivity index (χ1v) is 41.2. The summed E-state index contributed by atoms with van der Waals surface area (Å²) in [4.78, 5) is 79.0. The zero-order valence-corrected chi connectivity index (χ0v) is 76.0. The zero-order chi connectivity index (χ0) is 93.2. The molecule has 27 N–H and O–H groups in total. The molecule has 52 heteroatoms. The van der Waals surface area contributed by atoms with Crippen LogP contribution in [0.25, 0.3) is 39.5 Å². The summed E-state index contributed by atoms with van der Waals surface area (Å²) in [6.07, 6.45) is 0. The molecule has 16 rings (SSSR count). The summed E-state index contributed by atoms with van der Waals surface area (Å²) in [5.41, 5.74) is 16.1. The maximum Gasteiger partial charge on any atom is 0.345 e. The highest BCUT2D eigenvalue weighted by Crippen LogP contribution is 2.38. The lowest BCUT2D eigenvalue weighted by Gasteiger charge is -2.32. The van der Waals surface area contributed by atoms with Crippen LogP contribution in [0.2, 0.25) is 0 Å². The Hall–Kier alpha value is -14.2. The number of aliphatic hydroxyl groups excluding tert-OH is 1. The van der Waals surface area contributed by atoms with Gasteiger partial charge in [0.1, 0.15) is 28.5 Å². The number of aromatic amines is 12. The SMILES string of the molecule is CC1(C)C(O)=C(N)C(=O)N1c1ccc(-n2c(=S)[nH][nH]c2=S)cc1.CC1(C)CN(c2ccc(C(=O)Nc3cccc(-n4c(=S)[nH][nH]c4=S)c3)cc2)NC1=O.CN(O)C(=O)Nc1ccc2[nH]c(=S)[nH]c2c1.CN(O)C(=O)Nc1cccc(-n2c(=S)[nH][nH]c2=S)c1.O=C(Nc1ccc(-n2c(=S)[nH][nH]c2=S)cc1)c1cc(O)c(O)c(O)c1.Oc1ccc(O)c(-n2c(=S)[nH][nH]c2=S)c1. The first kappa shape index (κ1) is 94.5. The number of carbonyl (C=O) groups excluding carboxylic acids is 6. The molecule has 0 unspecified atom stereocenters. The third kappa shape index (κ3) is 22.0. The van der Waals surface area contributed by atoms with Crippen molar-refractivity contribution in [2.24, 2.45) is 11.1 Å². The zero-order valence-electron chi connectivity index (χ0n) is 67.0. The van der Waals surface area contributed by atoms with Crippen molar-refractivity contribution in [3.05, 3.63) is 245 Å². The van der Waals surface area contributed by atoms with Crippen molar-refractivity contribution in [1.29, 1.82) is 0 Å². The van der Waals surface area contributed by atoms with Gasteiger partial charge in [-0.1, -0.05) is 12.1 Å². The van der Waals surface area contributed by atoms with Gasteiger partial charge < -0.3 is 67.6 Å². The summed E-state index contributed by atoms with van der Waals surface area (Å²) < 4.78 is 12.6. The Morgan fingerprint density at radius 1 is 0.406 bits per heavy atom. The van der Waals surface area contributed by atoms with Crippen LogP contribution in [0.15, 0.2) is 181 Å². The molecule has 8 heterocycles. The monoisotopic (exact) mass is 1940 g/mol. The number of nitrogens with two attached hydrogens (primary N) is 1.